The first-order chi connectivity index (χ1) is 9.45. The lowest BCUT2D eigenvalue weighted by molar-refractivity contribution is -0.142. The van der Waals surface area contributed by atoms with E-state index < -0.39 is 17.7 Å². The second-order valence-corrected chi connectivity index (χ2v) is 4.53. The van der Waals surface area contributed by atoms with Crippen molar-refractivity contribution in [3.05, 3.63) is 40.7 Å². The predicted octanol–water partition coefficient (Wildman–Crippen LogP) is 2.82. The van der Waals surface area contributed by atoms with Crippen LogP contribution in [0, 0.1) is 5.82 Å². The van der Waals surface area contributed by atoms with Crippen molar-refractivity contribution >= 4 is 29.6 Å². The number of hydrogen-bond acceptors (Lipinski definition) is 2. The van der Waals surface area contributed by atoms with Gasteiger partial charge in [-0.2, -0.15) is 0 Å². The smallest absolute Gasteiger partial charge is 0.323 e. The number of carboxylic acids is 1. The molecule has 0 spiro atoms. The predicted molar refractivity (Wildman–Crippen MR) is 75.0 cm³/mol. The molecule has 0 saturated carbocycles. The summed E-state index contributed by atoms with van der Waals surface area (Å²) in [5.74, 6) is -2.13. The Hall–Kier alpha value is -1.88. The van der Waals surface area contributed by atoms with Crippen molar-refractivity contribution in [3.63, 3.8) is 0 Å². The lowest BCUT2D eigenvalue weighted by Crippen LogP contribution is -2.35. The van der Waals surface area contributed by atoms with Gasteiger partial charge < -0.3 is 10.0 Å². The van der Waals surface area contributed by atoms with Crippen molar-refractivity contribution in [2.24, 2.45) is 0 Å². The first-order valence-corrected chi connectivity index (χ1v) is 6.46. The SMILES string of the molecule is CCCN(CC(=O)O)C(=O)/C=C/c1c(F)cccc1Cl. The maximum absolute atomic E-state index is 13.5. The second-order valence-electron chi connectivity index (χ2n) is 4.12. The van der Waals surface area contributed by atoms with Crippen LogP contribution in [0.2, 0.25) is 5.02 Å². The van der Waals surface area contributed by atoms with Crippen molar-refractivity contribution in [1.29, 1.82) is 0 Å². The van der Waals surface area contributed by atoms with E-state index in [9.17, 15) is 14.0 Å². The van der Waals surface area contributed by atoms with Gasteiger partial charge in [0.25, 0.3) is 0 Å². The van der Waals surface area contributed by atoms with Crippen molar-refractivity contribution < 1.29 is 19.1 Å². The summed E-state index contributed by atoms with van der Waals surface area (Å²) in [6, 6.07) is 4.21. The molecule has 1 aromatic rings. The Morgan fingerprint density at radius 2 is 2.15 bits per heavy atom. The van der Waals surface area contributed by atoms with Gasteiger partial charge in [0.15, 0.2) is 0 Å². The fourth-order valence-electron chi connectivity index (χ4n) is 1.63. The van der Waals surface area contributed by atoms with Gasteiger partial charge in [0.1, 0.15) is 12.4 Å². The molecule has 0 bridgehead atoms. The first-order valence-electron chi connectivity index (χ1n) is 6.08. The van der Waals surface area contributed by atoms with Crippen molar-refractivity contribution in [2.45, 2.75) is 13.3 Å². The van der Waals surface area contributed by atoms with Crippen molar-refractivity contribution in [1.82, 2.24) is 4.90 Å². The van der Waals surface area contributed by atoms with Gasteiger partial charge in [-0.1, -0.05) is 24.6 Å². The highest BCUT2D eigenvalue weighted by atomic mass is 35.5. The fourth-order valence-corrected chi connectivity index (χ4v) is 1.86. The summed E-state index contributed by atoms with van der Waals surface area (Å²) in [4.78, 5) is 23.7. The number of aliphatic carboxylic acids is 1. The Morgan fingerprint density at radius 1 is 1.45 bits per heavy atom. The Labute approximate surface area is 121 Å². The summed E-state index contributed by atoms with van der Waals surface area (Å²) in [5.41, 5.74) is 0.106. The standard InChI is InChI=1S/C14H15ClFNO3/c1-2-8-17(9-14(19)20)13(18)7-6-10-11(15)4-3-5-12(10)16/h3-7H,2,8-9H2,1H3,(H,19,20)/b7-6+. The first kappa shape index (κ1) is 16.2. The topological polar surface area (TPSA) is 57.6 Å². The third kappa shape index (κ3) is 4.66. The van der Waals surface area contributed by atoms with Gasteiger partial charge in [0, 0.05) is 18.2 Å². The number of carboxylic acid groups (broad SMARTS) is 1. The Morgan fingerprint density at radius 3 is 2.70 bits per heavy atom. The zero-order chi connectivity index (χ0) is 15.1. The fraction of sp³-hybridized carbons (Fsp3) is 0.286. The van der Waals surface area contributed by atoms with Gasteiger partial charge in [-0.25, -0.2) is 4.39 Å². The minimum absolute atomic E-state index is 0.106. The molecule has 0 fully saturated rings. The van der Waals surface area contributed by atoms with E-state index in [2.05, 4.69) is 0 Å². The summed E-state index contributed by atoms with van der Waals surface area (Å²) in [5, 5.41) is 8.92. The third-order valence-electron chi connectivity index (χ3n) is 2.52. The van der Waals surface area contributed by atoms with Crippen LogP contribution in [0.4, 0.5) is 4.39 Å². The third-order valence-corrected chi connectivity index (χ3v) is 2.85. The van der Waals surface area contributed by atoms with Gasteiger partial charge in [-0.05, 0) is 24.6 Å². The lowest BCUT2D eigenvalue weighted by Gasteiger charge is -2.17. The van der Waals surface area contributed by atoms with Crippen LogP contribution in [-0.2, 0) is 9.59 Å². The monoisotopic (exact) mass is 299 g/mol. The van der Waals surface area contributed by atoms with Gasteiger partial charge in [0.05, 0.1) is 5.02 Å². The zero-order valence-corrected chi connectivity index (χ0v) is 11.7. The van der Waals surface area contributed by atoms with Crippen LogP contribution in [0.3, 0.4) is 0 Å². The molecule has 0 aromatic heterocycles. The van der Waals surface area contributed by atoms with Gasteiger partial charge in [-0.3, -0.25) is 9.59 Å². The summed E-state index contributed by atoms with van der Waals surface area (Å²) >= 11 is 5.83. The molecular weight excluding hydrogens is 285 g/mol. The molecule has 0 saturated heterocycles. The molecule has 0 heterocycles. The Balaban J connectivity index is 2.86. The minimum Gasteiger partial charge on any atom is -0.480 e. The zero-order valence-electron chi connectivity index (χ0n) is 11.0. The molecule has 1 aromatic carbocycles. The second kappa shape index (κ2) is 7.65. The summed E-state index contributed by atoms with van der Waals surface area (Å²) in [7, 11) is 0. The molecule has 0 unspecified atom stereocenters. The average molecular weight is 300 g/mol. The van der Waals surface area contributed by atoms with E-state index in [0.717, 1.165) is 6.08 Å². The number of carbonyl (C=O) groups is 2. The largest absolute Gasteiger partial charge is 0.480 e. The maximum atomic E-state index is 13.5. The summed E-state index contributed by atoms with van der Waals surface area (Å²) in [6.45, 7) is 1.77. The molecule has 0 aliphatic rings. The molecule has 0 atom stereocenters. The van der Waals surface area contributed by atoms with Crippen molar-refractivity contribution in [3.8, 4) is 0 Å². The minimum atomic E-state index is -1.09. The van der Waals surface area contributed by atoms with Crippen molar-refractivity contribution in [2.75, 3.05) is 13.1 Å². The van der Waals surface area contributed by atoms with Crippen LogP contribution in [-0.4, -0.2) is 35.0 Å². The van der Waals surface area contributed by atoms with Gasteiger partial charge in [0.2, 0.25) is 5.91 Å². The number of nitrogens with zero attached hydrogens (tertiary/aromatic N) is 1. The van der Waals surface area contributed by atoms with Gasteiger partial charge >= 0.3 is 5.97 Å². The summed E-state index contributed by atoms with van der Waals surface area (Å²) < 4.78 is 13.5. The van der Waals surface area contributed by atoms with Crippen LogP contribution in [0.15, 0.2) is 24.3 Å². The lowest BCUT2D eigenvalue weighted by atomic mass is 10.2. The van der Waals surface area contributed by atoms with E-state index in [4.69, 9.17) is 16.7 Å². The van der Waals surface area contributed by atoms with E-state index in [0.29, 0.717) is 13.0 Å². The average Bonchev–Trinajstić information content (AvgIpc) is 2.37. The van der Waals surface area contributed by atoms with Crippen LogP contribution >= 0.6 is 11.6 Å². The Bertz CT molecular complexity index is 511. The molecule has 4 nitrogen and oxygen atoms in total. The highest BCUT2D eigenvalue weighted by Crippen LogP contribution is 2.20. The molecular formula is C14H15ClFNO3. The highest BCUT2D eigenvalue weighted by molar-refractivity contribution is 6.32. The van der Waals surface area contributed by atoms with Crippen LogP contribution in [0.5, 0.6) is 0 Å². The van der Waals surface area contributed by atoms with Gasteiger partial charge in [-0.15, -0.1) is 0 Å². The number of halogens is 2. The van der Waals surface area contributed by atoms with Crippen LogP contribution in [0.25, 0.3) is 6.08 Å². The molecule has 1 N–H and O–H groups in total. The Kier molecular flexibility index (Phi) is 6.18. The van der Waals surface area contributed by atoms with E-state index in [1.54, 1.807) is 0 Å². The van der Waals surface area contributed by atoms with E-state index in [1.165, 1.54) is 29.2 Å². The molecule has 1 amide bonds. The number of amides is 1. The normalized spacial score (nSPS) is 10.8. The molecule has 108 valence electrons. The molecule has 0 aliphatic carbocycles. The van der Waals surface area contributed by atoms with E-state index in [-0.39, 0.29) is 17.1 Å². The molecule has 20 heavy (non-hydrogen) atoms. The number of carbonyl (C=O) groups excluding carboxylic acids is 1. The number of hydrogen-bond donors (Lipinski definition) is 1. The van der Waals surface area contributed by atoms with E-state index >= 15 is 0 Å². The summed E-state index contributed by atoms with van der Waals surface area (Å²) in [6.07, 6.45) is 3.01. The molecule has 6 heteroatoms. The molecule has 0 radical (unpaired) electrons. The number of rotatable bonds is 6. The highest BCUT2D eigenvalue weighted by Gasteiger charge is 2.13. The molecule has 1 rings (SSSR count). The maximum Gasteiger partial charge on any atom is 0.323 e. The molecule has 0 aliphatic heterocycles. The van der Waals surface area contributed by atoms with Crippen LogP contribution < -0.4 is 0 Å². The number of benzene rings is 1. The van der Waals surface area contributed by atoms with Crippen LogP contribution in [0.1, 0.15) is 18.9 Å². The quantitative estimate of drug-likeness (QED) is 0.822. The van der Waals surface area contributed by atoms with E-state index in [1.807, 2.05) is 6.92 Å².